The molecule has 3 rings (SSSR count). The Labute approximate surface area is 296 Å². The number of benzene rings is 1. The summed E-state index contributed by atoms with van der Waals surface area (Å²) in [6.45, 7) is 3.60. The SMILES string of the molecule is CC(=O)NC(CCC(=O)NC(CCC1=C(C(=O)O)N2C(=O)C(NC(=O)Cc3ccccc3)C2SC1)C(=O)NC(C)C(=O)NC(C)C(=O)O)C(=O)O. The normalized spacial score (nSPS) is 18.8. The maximum absolute atomic E-state index is 13.3. The third-order valence-corrected chi connectivity index (χ3v) is 9.32. The number of aliphatic carboxylic acids is 3. The van der Waals surface area contributed by atoms with Crippen molar-refractivity contribution in [3.8, 4) is 0 Å². The van der Waals surface area contributed by atoms with Crippen LogP contribution in [-0.4, -0.2) is 115 Å². The standard InChI is InChI=1S/C32H40N6O12S/c1-15(26(42)34-16(2)30(45)46)33-27(43)20(36-22(40)12-11-21(31(47)48)35-17(3)39)10-9-19-14-51-29-24(28(44)38(29)25(19)32(49)50)37-23(41)13-18-7-5-4-6-8-18/h4-8,15-16,20-21,24,29H,9-14H2,1-3H3,(H,33,43)(H,34,42)(H,35,39)(H,36,40)(H,37,41)(H,45,46)(H,47,48)(H,49,50). The van der Waals surface area contributed by atoms with Gasteiger partial charge in [-0.05, 0) is 44.2 Å². The van der Waals surface area contributed by atoms with Gasteiger partial charge in [-0.1, -0.05) is 30.3 Å². The Morgan fingerprint density at radius 3 is 2.06 bits per heavy atom. The minimum absolute atomic E-state index is 0.0210. The third kappa shape index (κ3) is 11.0. The van der Waals surface area contributed by atoms with Crippen molar-refractivity contribution in [3.63, 3.8) is 0 Å². The van der Waals surface area contributed by atoms with Gasteiger partial charge in [0.25, 0.3) is 5.91 Å². The van der Waals surface area contributed by atoms with Crippen molar-refractivity contribution in [2.45, 2.75) is 88.5 Å². The number of β-lactam (4-membered cyclic amide) rings is 1. The van der Waals surface area contributed by atoms with Crippen LogP contribution in [0.2, 0.25) is 0 Å². The van der Waals surface area contributed by atoms with Crippen molar-refractivity contribution >= 4 is 65.1 Å². The second-order valence-corrected chi connectivity index (χ2v) is 13.1. The van der Waals surface area contributed by atoms with Gasteiger partial charge in [0.2, 0.25) is 29.5 Å². The zero-order valence-corrected chi connectivity index (χ0v) is 28.8. The monoisotopic (exact) mass is 732 g/mol. The first kappa shape index (κ1) is 40.0. The highest BCUT2D eigenvalue weighted by Crippen LogP contribution is 2.41. The molecule has 2 aliphatic rings. The number of thioether (sulfide) groups is 1. The second kappa shape index (κ2) is 18.0. The van der Waals surface area contributed by atoms with E-state index in [1.165, 1.54) is 25.6 Å². The Morgan fingerprint density at radius 2 is 1.47 bits per heavy atom. The fraction of sp³-hybridized carbons (Fsp3) is 0.469. The van der Waals surface area contributed by atoms with Crippen LogP contribution in [0.1, 0.15) is 52.0 Å². The van der Waals surface area contributed by atoms with Gasteiger partial charge >= 0.3 is 17.9 Å². The zero-order valence-electron chi connectivity index (χ0n) is 28.0. The van der Waals surface area contributed by atoms with Gasteiger partial charge in [0.15, 0.2) is 0 Å². The number of rotatable bonds is 18. The maximum atomic E-state index is 13.3. The van der Waals surface area contributed by atoms with E-state index in [9.17, 15) is 53.4 Å². The van der Waals surface area contributed by atoms with Crippen LogP contribution < -0.4 is 26.6 Å². The first-order valence-electron chi connectivity index (χ1n) is 15.9. The van der Waals surface area contributed by atoms with E-state index in [4.69, 9.17) is 5.11 Å². The Balaban J connectivity index is 1.74. The summed E-state index contributed by atoms with van der Waals surface area (Å²) in [5.41, 5.74) is 0.668. The van der Waals surface area contributed by atoms with Crippen molar-refractivity contribution in [2.75, 3.05) is 5.75 Å². The van der Waals surface area contributed by atoms with E-state index in [1.807, 2.05) is 0 Å². The molecule has 1 saturated heterocycles. The molecule has 1 fully saturated rings. The summed E-state index contributed by atoms with van der Waals surface area (Å²) in [5, 5.41) is 39.7. The molecular formula is C32H40N6O12S. The second-order valence-electron chi connectivity index (χ2n) is 12.0. The van der Waals surface area contributed by atoms with Crippen LogP contribution in [0, 0.1) is 0 Å². The molecule has 6 atom stereocenters. The summed E-state index contributed by atoms with van der Waals surface area (Å²) in [5.74, 6) is -8.21. The van der Waals surface area contributed by atoms with Gasteiger partial charge in [-0.25, -0.2) is 9.59 Å². The summed E-state index contributed by atoms with van der Waals surface area (Å²) in [4.78, 5) is 112. The summed E-state index contributed by atoms with van der Waals surface area (Å²) in [6.07, 6.45) is -1.08. The van der Waals surface area contributed by atoms with Gasteiger partial charge in [-0.15, -0.1) is 11.8 Å². The number of hydrogen-bond acceptors (Lipinski definition) is 10. The Kier molecular flexibility index (Phi) is 14.1. The van der Waals surface area contributed by atoms with Gasteiger partial charge < -0.3 is 41.9 Å². The van der Waals surface area contributed by atoms with E-state index in [2.05, 4.69) is 26.6 Å². The number of fused-ring (bicyclic) bond motifs is 1. The van der Waals surface area contributed by atoms with Crippen LogP contribution in [-0.2, 0) is 49.6 Å². The topological polar surface area (TPSA) is 278 Å². The van der Waals surface area contributed by atoms with Crippen LogP contribution in [0.4, 0.5) is 0 Å². The molecule has 0 saturated carbocycles. The Bertz CT molecular complexity index is 1600. The van der Waals surface area contributed by atoms with Gasteiger partial charge in [0, 0.05) is 19.1 Å². The first-order chi connectivity index (χ1) is 24.0. The lowest BCUT2D eigenvalue weighted by Gasteiger charge is -2.49. The number of carboxylic acids is 3. The molecule has 1 aromatic rings. The molecule has 276 valence electrons. The molecule has 6 unspecified atom stereocenters. The minimum Gasteiger partial charge on any atom is -0.480 e. The van der Waals surface area contributed by atoms with Gasteiger partial charge in [0.1, 0.15) is 41.3 Å². The van der Waals surface area contributed by atoms with Crippen LogP contribution >= 0.6 is 11.8 Å². The molecule has 0 spiro atoms. The molecule has 2 aliphatic heterocycles. The van der Waals surface area contributed by atoms with Gasteiger partial charge in [0.05, 0.1) is 6.42 Å². The highest BCUT2D eigenvalue weighted by molar-refractivity contribution is 8.00. The number of carboxylic acid groups (broad SMARTS) is 3. The summed E-state index contributed by atoms with van der Waals surface area (Å²) in [6, 6.07) is 2.57. The lowest BCUT2D eigenvalue weighted by Crippen LogP contribution is -2.70. The average Bonchev–Trinajstić information content (AvgIpc) is 3.06. The number of nitrogens with zero attached hydrogens (tertiary/aromatic N) is 1. The molecular weight excluding hydrogens is 692 g/mol. The van der Waals surface area contributed by atoms with Crippen molar-refractivity contribution in [3.05, 3.63) is 47.2 Å². The number of carbonyl (C=O) groups is 9. The van der Waals surface area contributed by atoms with E-state index in [0.717, 1.165) is 17.4 Å². The van der Waals surface area contributed by atoms with E-state index in [0.29, 0.717) is 0 Å². The fourth-order valence-electron chi connectivity index (χ4n) is 5.29. The van der Waals surface area contributed by atoms with E-state index in [1.54, 1.807) is 30.3 Å². The summed E-state index contributed by atoms with van der Waals surface area (Å²) in [7, 11) is 0. The van der Waals surface area contributed by atoms with Crippen molar-refractivity contribution in [1.29, 1.82) is 0 Å². The smallest absolute Gasteiger partial charge is 0.352 e. The average molecular weight is 733 g/mol. The predicted molar refractivity (Wildman–Crippen MR) is 178 cm³/mol. The maximum Gasteiger partial charge on any atom is 0.352 e. The fourth-order valence-corrected chi connectivity index (χ4v) is 6.68. The van der Waals surface area contributed by atoms with Gasteiger partial charge in [-0.3, -0.25) is 38.5 Å². The number of carbonyl (C=O) groups excluding carboxylic acids is 6. The van der Waals surface area contributed by atoms with E-state index < -0.39 is 95.4 Å². The Morgan fingerprint density at radius 1 is 0.824 bits per heavy atom. The molecule has 0 aromatic heterocycles. The third-order valence-electron chi connectivity index (χ3n) is 7.98. The molecule has 1 aromatic carbocycles. The van der Waals surface area contributed by atoms with Crippen LogP contribution in [0.15, 0.2) is 41.6 Å². The molecule has 0 aliphatic carbocycles. The van der Waals surface area contributed by atoms with Crippen LogP contribution in [0.3, 0.4) is 0 Å². The molecule has 51 heavy (non-hydrogen) atoms. The number of hydrogen-bond donors (Lipinski definition) is 8. The molecule has 8 N–H and O–H groups in total. The van der Waals surface area contributed by atoms with Crippen molar-refractivity contribution in [2.24, 2.45) is 0 Å². The van der Waals surface area contributed by atoms with Gasteiger partial charge in [-0.2, -0.15) is 0 Å². The predicted octanol–water partition coefficient (Wildman–Crippen LogP) is -1.30. The molecule has 18 nitrogen and oxygen atoms in total. The molecule has 0 radical (unpaired) electrons. The zero-order chi connectivity index (χ0) is 38.0. The molecule has 0 bridgehead atoms. The molecule has 19 heteroatoms. The van der Waals surface area contributed by atoms with Crippen LogP contribution in [0.25, 0.3) is 0 Å². The largest absolute Gasteiger partial charge is 0.480 e. The highest BCUT2D eigenvalue weighted by atomic mass is 32.2. The molecule has 2 heterocycles. The van der Waals surface area contributed by atoms with Crippen molar-refractivity contribution in [1.82, 2.24) is 31.5 Å². The van der Waals surface area contributed by atoms with E-state index in [-0.39, 0.29) is 42.7 Å². The summed E-state index contributed by atoms with van der Waals surface area (Å²) < 4.78 is 0. The highest BCUT2D eigenvalue weighted by Gasteiger charge is 2.54. The lowest BCUT2D eigenvalue weighted by atomic mass is 9.98. The quantitative estimate of drug-likeness (QED) is 0.0816. The summed E-state index contributed by atoms with van der Waals surface area (Å²) >= 11 is 1.21. The minimum atomic E-state index is -1.42. The number of nitrogens with one attached hydrogen (secondary N) is 5. The van der Waals surface area contributed by atoms with Crippen molar-refractivity contribution < 1.29 is 58.5 Å². The van der Waals surface area contributed by atoms with E-state index >= 15 is 0 Å². The first-order valence-corrected chi connectivity index (χ1v) is 16.9. The lowest BCUT2D eigenvalue weighted by molar-refractivity contribution is -0.150. The molecule has 6 amide bonds. The van der Waals surface area contributed by atoms with Crippen LogP contribution in [0.5, 0.6) is 0 Å². The Hall–Kier alpha value is -5.46. The number of amides is 6.